The van der Waals surface area contributed by atoms with Crippen LogP contribution in [0.25, 0.3) is 10.2 Å². The third-order valence-electron chi connectivity index (χ3n) is 2.31. The predicted octanol–water partition coefficient (Wildman–Crippen LogP) is 3.22. The van der Waals surface area contributed by atoms with Crippen LogP contribution < -0.4 is 0 Å². The fraction of sp³-hybridized carbons (Fsp3) is 0.300. The maximum atomic E-state index is 4.34. The highest BCUT2D eigenvalue weighted by Crippen LogP contribution is 2.27. The molecule has 2 heteroatoms. The zero-order valence-corrected chi connectivity index (χ0v) is 8.33. The topological polar surface area (TPSA) is 12.9 Å². The zero-order valence-electron chi connectivity index (χ0n) is 7.51. The highest BCUT2D eigenvalue weighted by atomic mass is 32.1. The number of rotatable bonds is 0. The monoisotopic (exact) mass is 177 g/mol. The van der Waals surface area contributed by atoms with E-state index >= 15 is 0 Å². The molecule has 0 aliphatic rings. The summed E-state index contributed by atoms with van der Waals surface area (Å²) in [6.45, 7) is 6.44. The molecule has 0 saturated heterocycles. The standard InChI is InChI=1S/C10H11NS/c1-6-4-7(2)9-10(8(6)3)12-5-11-9/h4-5H,1-3H3. The number of nitrogens with zero attached hydrogens (tertiary/aromatic N) is 1. The third-order valence-corrected chi connectivity index (χ3v) is 3.25. The van der Waals surface area contributed by atoms with Gasteiger partial charge in [0.15, 0.2) is 0 Å². The van der Waals surface area contributed by atoms with Gasteiger partial charge >= 0.3 is 0 Å². The first-order chi connectivity index (χ1) is 5.70. The summed E-state index contributed by atoms with van der Waals surface area (Å²) in [5, 5.41) is 0. The van der Waals surface area contributed by atoms with Crippen LogP contribution in [-0.4, -0.2) is 4.98 Å². The molecule has 1 aromatic carbocycles. The summed E-state index contributed by atoms with van der Waals surface area (Å²) in [5.74, 6) is 0. The first-order valence-corrected chi connectivity index (χ1v) is 4.88. The SMILES string of the molecule is Cc1cc(C)c2ncsc2c1C. The normalized spacial score (nSPS) is 10.9. The van der Waals surface area contributed by atoms with E-state index in [2.05, 4.69) is 31.8 Å². The fourth-order valence-electron chi connectivity index (χ4n) is 1.47. The van der Waals surface area contributed by atoms with E-state index in [9.17, 15) is 0 Å². The number of aromatic nitrogens is 1. The lowest BCUT2D eigenvalue weighted by Gasteiger charge is -2.02. The second-order valence-corrected chi connectivity index (χ2v) is 4.02. The van der Waals surface area contributed by atoms with Crippen LogP contribution in [-0.2, 0) is 0 Å². The number of hydrogen-bond acceptors (Lipinski definition) is 2. The van der Waals surface area contributed by atoms with Crippen molar-refractivity contribution in [2.75, 3.05) is 0 Å². The van der Waals surface area contributed by atoms with Crippen LogP contribution in [0.1, 0.15) is 16.7 Å². The lowest BCUT2D eigenvalue weighted by Crippen LogP contribution is -1.84. The van der Waals surface area contributed by atoms with Crippen molar-refractivity contribution in [3.8, 4) is 0 Å². The van der Waals surface area contributed by atoms with Crippen molar-refractivity contribution in [3.05, 3.63) is 28.3 Å². The van der Waals surface area contributed by atoms with Crippen LogP contribution in [0, 0.1) is 20.8 Å². The van der Waals surface area contributed by atoms with Gasteiger partial charge in [0, 0.05) is 0 Å². The Kier molecular flexibility index (Phi) is 1.65. The molecular weight excluding hydrogens is 166 g/mol. The van der Waals surface area contributed by atoms with E-state index in [0.717, 1.165) is 0 Å². The Morgan fingerprint density at radius 3 is 2.67 bits per heavy atom. The molecule has 2 aromatic rings. The molecule has 1 nitrogen and oxygen atoms in total. The second kappa shape index (κ2) is 2.56. The summed E-state index contributed by atoms with van der Waals surface area (Å²) in [6.07, 6.45) is 0. The third kappa shape index (κ3) is 0.950. The molecule has 0 spiro atoms. The van der Waals surface area contributed by atoms with Crippen molar-refractivity contribution < 1.29 is 0 Å². The Morgan fingerprint density at radius 2 is 1.92 bits per heavy atom. The molecule has 0 amide bonds. The predicted molar refractivity (Wildman–Crippen MR) is 53.8 cm³/mol. The molecule has 0 atom stereocenters. The van der Waals surface area contributed by atoms with Crippen molar-refractivity contribution in [2.24, 2.45) is 0 Å². The van der Waals surface area contributed by atoms with Gasteiger partial charge in [-0.1, -0.05) is 6.07 Å². The van der Waals surface area contributed by atoms with Gasteiger partial charge in [0.25, 0.3) is 0 Å². The first kappa shape index (κ1) is 7.74. The Hall–Kier alpha value is -0.890. The van der Waals surface area contributed by atoms with Gasteiger partial charge in [-0.2, -0.15) is 0 Å². The van der Waals surface area contributed by atoms with Crippen LogP contribution in [0.3, 0.4) is 0 Å². The van der Waals surface area contributed by atoms with Crippen molar-refractivity contribution in [2.45, 2.75) is 20.8 Å². The number of fused-ring (bicyclic) bond motifs is 1. The quantitative estimate of drug-likeness (QED) is 0.602. The van der Waals surface area contributed by atoms with Crippen LogP contribution >= 0.6 is 11.3 Å². The van der Waals surface area contributed by atoms with Gasteiger partial charge in [-0.25, -0.2) is 4.98 Å². The maximum Gasteiger partial charge on any atom is 0.0844 e. The van der Waals surface area contributed by atoms with Gasteiger partial charge < -0.3 is 0 Å². The molecule has 0 aliphatic heterocycles. The summed E-state index contributed by atoms with van der Waals surface area (Å²) in [7, 11) is 0. The van der Waals surface area contributed by atoms with Crippen molar-refractivity contribution in [3.63, 3.8) is 0 Å². The largest absolute Gasteiger partial charge is 0.244 e. The van der Waals surface area contributed by atoms with Crippen LogP contribution in [0.2, 0.25) is 0 Å². The maximum absolute atomic E-state index is 4.34. The van der Waals surface area contributed by atoms with E-state index in [1.54, 1.807) is 11.3 Å². The lowest BCUT2D eigenvalue weighted by molar-refractivity contribution is 1.33. The average Bonchev–Trinajstić information content (AvgIpc) is 2.48. The molecule has 0 saturated carbocycles. The van der Waals surface area contributed by atoms with Crippen molar-refractivity contribution >= 4 is 21.6 Å². The highest BCUT2D eigenvalue weighted by molar-refractivity contribution is 7.17. The average molecular weight is 177 g/mol. The first-order valence-electron chi connectivity index (χ1n) is 4.00. The minimum atomic E-state index is 1.17. The van der Waals surface area contributed by atoms with E-state index in [1.165, 1.54) is 26.9 Å². The van der Waals surface area contributed by atoms with Gasteiger partial charge in [0.1, 0.15) is 0 Å². The fourth-order valence-corrected chi connectivity index (χ4v) is 2.40. The van der Waals surface area contributed by atoms with Crippen LogP contribution in [0.5, 0.6) is 0 Å². The summed E-state index contributed by atoms with van der Waals surface area (Å²) in [6, 6.07) is 2.21. The molecule has 0 fully saturated rings. The molecule has 2 rings (SSSR count). The Balaban J connectivity index is 2.97. The molecule has 0 radical (unpaired) electrons. The molecule has 1 heterocycles. The minimum Gasteiger partial charge on any atom is -0.244 e. The summed E-state index contributed by atoms with van der Waals surface area (Å²) in [4.78, 5) is 4.34. The molecule has 12 heavy (non-hydrogen) atoms. The van der Waals surface area contributed by atoms with Gasteiger partial charge in [-0.05, 0) is 37.5 Å². The summed E-state index contributed by atoms with van der Waals surface area (Å²) >= 11 is 1.73. The number of hydrogen-bond donors (Lipinski definition) is 0. The summed E-state index contributed by atoms with van der Waals surface area (Å²) in [5.41, 5.74) is 7.12. The van der Waals surface area contributed by atoms with E-state index < -0.39 is 0 Å². The van der Waals surface area contributed by atoms with E-state index in [1.807, 2.05) is 5.51 Å². The van der Waals surface area contributed by atoms with Crippen LogP contribution in [0.4, 0.5) is 0 Å². The van der Waals surface area contributed by atoms with E-state index in [-0.39, 0.29) is 0 Å². The molecule has 62 valence electrons. The van der Waals surface area contributed by atoms with Gasteiger partial charge in [0.05, 0.1) is 15.7 Å². The number of aryl methyl sites for hydroxylation is 3. The van der Waals surface area contributed by atoms with Gasteiger partial charge in [0.2, 0.25) is 0 Å². The summed E-state index contributed by atoms with van der Waals surface area (Å²) < 4.78 is 1.34. The van der Waals surface area contributed by atoms with E-state index in [4.69, 9.17) is 0 Å². The molecule has 1 aromatic heterocycles. The number of benzene rings is 1. The Morgan fingerprint density at radius 1 is 1.17 bits per heavy atom. The molecule has 0 aliphatic carbocycles. The highest BCUT2D eigenvalue weighted by Gasteiger charge is 2.05. The second-order valence-electron chi connectivity index (χ2n) is 3.17. The number of thiazole rings is 1. The van der Waals surface area contributed by atoms with Crippen molar-refractivity contribution in [1.82, 2.24) is 4.98 Å². The van der Waals surface area contributed by atoms with Gasteiger partial charge in [-0.15, -0.1) is 11.3 Å². The lowest BCUT2D eigenvalue weighted by atomic mass is 10.1. The van der Waals surface area contributed by atoms with Crippen molar-refractivity contribution in [1.29, 1.82) is 0 Å². The van der Waals surface area contributed by atoms with E-state index in [0.29, 0.717) is 0 Å². The minimum absolute atomic E-state index is 1.17. The molecule has 0 N–H and O–H groups in total. The van der Waals surface area contributed by atoms with Crippen LogP contribution in [0.15, 0.2) is 11.6 Å². The molecular formula is C10H11NS. The van der Waals surface area contributed by atoms with Gasteiger partial charge in [-0.3, -0.25) is 0 Å². The molecule has 0 bridgehead atoms. The Labute approximate surface area is 76.1 Å². The zero-order chi connectivity index (χ0) is 8.72. The Bertz CT molecular complexity index is 429. The molecule has 0 unspecified atom stereocenters. The smallest absolute Gasteiger partial charge is 0.0844 e.